The Labute approximate surface area is 111 Å². The van der Waals surface area contributed by atoms with Gasteiger partial charge in [-0.3, -0.25) is 4.79 Å². The first-order chi connectivity index (χ1) is 9.25. The molecule has 0 radical (unpaired) electrons. The van der Waals surface area contributed by atoms with Gasteiger partial charge in [0.05, 0.1) is 6.04 Å². The normalized spacial score (nSPS) is 11.6. The fraction of sp³-hybridized carbons (Fsp3) is 0.214. The molecule has 0 aliphatic carbocycles. The van der Waals surface area contributed by atoms with Crippen LogP contribution in [0.3, 0.4) is 0 Å². The topological polar surface area (TPSA) is 64.1 Å². The molecule has 1 aromatic carbocycles. The van der Waals surface area contributed by atoms with Crippen molar-refractivity contribution in [1.82, 2.24) is 15.3 Å². The second-order valence-electron chi connectivity index (χ2n) is 4.02. The van der Waals surface area contributed by atoms with Gasteiger partial charge in [0.2, 0.25) is 0 Å². The predicted molar refractivity (Wildman–Crippen MR) is 70.5 cm³/mol. The minimum atomic E-state index is -0.205. The molecule has 0 spiro atoms. The first-order valence-electron chi connectivity index (χ1n) is 6.00. The van der Waals surface area contributed by atoms with Crippen LogP contribution >= 0.6 is 0 Å². The van der Waals surface area contributed by atoms with Gasteiger partial charge in [0.15, 0.2) is 6.61 Å². The van der Waals surface area contributed by atoms with Crippen LogP contribution in [-0.2, 0) is 4.79 Å². The number of aromatic nitrogens is 2. The van der Waals surface area contributed by atoms with Crippen molar-refractivity contribution in [3.05, 3.63) is 54.4 Å². The lowest BCUT2D eigenvalue weighted by atomic mass is 10.1. The summed E-state index contributed by atoms with van der Waals surface area (Å²) in [4.78, 5) is 19.5. The Balaban J connectivity index is 1.82. The van der Waals surface area contributed by atoms with Crippen LogP contribution in [0.5, 0.6) is 6.01 Å². The number of benzene rings is 1. The third-order valence-corrected chi connectivity index (χ3v) is 2.55. The van der Waals surface area contributed by atoms with Gasteiger partial charge in [-0.25, -0.2) is 9.97 Å². The first kappa shape index (κ1) is 13.0. The van der Waals surface area contributed by atoms with Crippen LogP contribution in [0.1, 0.15) is 18.5 Å². The summed E-state index contributed by atoms with van der Waals surface area (Å²) < 4.78 is 5.17. The molecule has 98 valence electrons. The van der Waals surface area contributed by atoms with Gasteiger partial charge in [0.1, 0.15) is 0 Å². The molecular weight excluding hydrogens is 242 g/mol. The number of nitrogens with one attached hydrogen (secondary N) is 1. The number of carbonyl (C=O) groups excluding carboxylic acids is 1. The van der Waals surface area contributed by atoms with E-state index in [1.807, 2.05) is 37.3 Å². The highest BCUT2D eigenvalue weighted by Gasteiger charge is 2.10. The largest absolute Gasteiger partial charge is 0.453 e. The second kappa shape index (κ2) is 6.49. The Morgan fingerprint density at radius 3 is 2.58 bits per heavy atom. The van der Waals surface area contributed by atoms with Crippen molar-refractivity contribution in [3.8, 4) is 6.01 Å². The molecule has 1 N–H and O–H groups in total. The molecule has 2 rings (SSSR count). The molecule has 0 bridgehead atoms. The summed E-state index contributed by atoms with van der Waals surface area (Å²) in [5.74, 6) is -0.205. The van der Waals surface area contributed by atoms with Crippen LogP contribution in [-0.4, -0.2) is 22.5 Å². The average Bonchev–Trinajstić information content (AvgIpc) is 2.47. The number of ether oxygens (including phenoxy) is 1. The van der Waals surface area contributed by atoms with Crippen molar-refractivity contribution < 1.29 is 9.53 Å². The highest BCUT2D eigenvalue weighted by atomic mass is 16.5. The van der Waals surface area contributed by atoms with E-state index < -0.39 is 0 Å². The second-order valence-corrected chi connectivity index (χ2v) is 4.02. The summed E-state index contributed by atoms with van der Waals surface area (Å²) in [6.45, 7) is 1.83. The van der Waals surface area contributed by atoms with Crippen LogP contribution in [0, 0.1) is 0 Å². The van der Waals surface area contributed by atoms with E-state index in [2.05, 4.69) is 15.3 Å². The van der Waals surface area contributed by atoms with Crippen molar-refractivity contribution in [2.24, 2.45) is 0 Å². The van der Waals surface area contributed by atoms with Gasteiger partial charge in [-0.05, 0) is 18.6 Å². The molecule has 5 nitrogen and oxygen atoms in total. The number of carbonyl (C=O) groups is 1. The van der Waals surface area contributed by atoms with Crippen molar-refractivity contribution >= 4 is 5.91 Å². The minimum Gasteiger partial charge on any atom is -0.453 e. The van der Waals surface area contributed by atoms with Crippen LogP contribution < -0.4 is 10.1 Å². The zero-order valence-electron chi connectivity index (χ0n) is 10.6. The zero-order valence-corrected chi connectivity index (χ0v) is 10.6. The Kier molecular flexibility index (Phi) is 4.44. The number of nitrogens with zero attached hydrogens (tertiary/aromatic N) is 2. The van der Waals surface area contributed by atoms with Gasteiger partial charge in [-0.1, -0.05) is 30.3 Å². The Bertz CT molecular complexity index is 517. The fourth-order valence-electron chi connectivity index (χ4n) is 1.60. The maximum atomic E-state index is 11.7. The predicted octanol–water partition coefficient (Wildman–Crippen LogP) is 1.73. The van der Waals surface area contributed by atoms with E-state index in [1.54, 1.807) is 18.5 Å². The molecular formula is C14H15N3O2. The van der Waals surface area contributed by atoms with Crippen LogP contribution in [0.25, 0.3) is 0 Å². The van der Waals surface area contributed by atoms with E-state index in [1.165, 1.54) is 0 Å². The van der Waals surface area contributed by atoms with Crippen molar-refractivity contribution in [2.45, 2.75) is 13.0 Å². The van der Waals surface area contributed by atoms with Gasteiger partial charge in [0, 0.05) is 12.4 Å². The van der Waals surface area contributed by atoms with Gasteiger partial charge in [0.25, 0.3) is 5.91 Å². The lowest BCUT2D eigenvalue weighted by Gasteiger charge is -2.14. The molecule has 0 fully saturated rings. The van der Waals surface area contributed by atoms with Crippen LogP contribution in [0.4, 0.5) is 0 Å². The monoisotopic (exact) mass is 257 g/mol. The standard InChI is InChI=1S/C14H15N3O2/c1-11(12-6-3-2-4-7-12)17-13(18)10-19-14-15-8-5-9-16-14/h2-9,11H,10H2,1H3,(H,17,18)/t11-/m1/s1. The summed E-state index contributed by atoms with van der Waals surface area (Å²) in [7, 11) is 0. The Hall–Kier alpha value is -2.43. The molecule has 1 heterocycles. The summed E-state index contributed by atoms with van der Waals surface area (Å²) in [6.07, 6.45) is 3.12. The molecule has 2 aromatic rings. The average molecular weight is 257 g/mol. The number of hydrogen-bond donors (Lipinski definition) is 1. The summed E-state index contributed by atoms with van der Waals surface area (Å²) in [6, 6.07) is 11.6. The smallest absolute Gasteiger partial charge is 0.316 e. The van der Waals surface area contributed by atoms with E-state index in [-0.39, 0.29) is 24.6 Å². The summed E-state index contributed by atoms with van der Waals surface area (Å²) >= 11 is 0. The third-order valence-electron chi connectivity index (χ3n) is 2.55. The molecule has 0 saturated heterocycles. The maximum Gasteiger partial charge on any atom is 0.316 e. The van der Waals surface area contributed by atoms with Crippen LogP contribution in [0.2, 0.25) is 0 Å². The maximum absolute atomic E-state index is 11.7. The van der Waals surface area contributed by atoms with E-state index in [9.17, 15) is 4.79 Å². The third kappa shape index (κ3) is 4.06. The Morgan fingerprint density at radius 1 is 1.21 bits per heavy atom. The van der Waals surface area contributed by atoms with E-state index in [0.717, 1.165) is 5.56 Å². The van der Waals surface area contributed by atoms with Gasteiger partial charge in [-0.15, -0.1) is 0 Å². The molecule has 5 heteroatoms. The van der Waals surface area contributed by atoms with Gasteiger partial charge < -0.3 is 10.1 Å². The van der Waals surface area contributed by atoms with E-state index >= 15 is 0 Å². The van der Waals surface area contributed by atoms with E-state index in [0.29, 0.717) is 0 Å². The highest BCUT2D eigenvalue weighted by molar-refractivity contribution is 5.77. The number of hydrogen-bond acceptors (Lipinski definition) is 4. The molecule has 0 aliphatic rings. The molecule has 19 heavy (non-hydrogen) atoms. The lowest BCUT2D eigenvalue weighted by Crippen LogP contribution is -2.31. The SMILES string of the molecule is C[C@@H](NC(=O)COc1ncccn1)c1ccccc1. The molecule has 1 atom stereocenters. The molecule has 0 aliphatic heterocycles. The van der Waals surface area contributed by atoms with Crippen molar-refractivity contribution in [2.75, 3.05) is 6.61 Å². The molecule has 0 saturated carbocycles. The molecule has 1 aromatic heterocycles. The lowest BCUT2D eigenvalue weighted by molar-refractivity contribution is -0.123. The van der Waals surface area contributed by atoms with Crippen LogP contribution in [0.15, 0.2) is 48.8 Å². The first-order valence-corrected chi connectivity index (χ1v) is 6.00. The van der Waals surface area contributed by atoms with E-state index in [4.69, 9.17) is 4.74 Å². The van der Waals surface area contributed by atoms with Gasteiger partial charge in [-0.2, -0.15) is 0 Å². The number of amides is 1. The van der Waals surface area contributed by atoms with Crippen molar-refractivity contribution in [1.29, 1.82) is 0 Å². The fourth-order valence-corrected chi connectivity index (χ4v) is 1.60. The quantitative estimate of drug-likeness (QED) is 0.886. The summed E-state index contributed by atoms with van der Waals surface area (Å²) in [5.41, 5.74) is 1.05. The van der Waals surface area contributed by atoms with Crippen molar-refractivity contribution in [3.63, 3.8) is 0 Å². The highest BCUT2D eigenvalue weighted by Crippen LogP contribution is 2.10. The number of rotatable bonds is 5. The van der Waals surface area contributed by atoms with Gasteiger partial charge >= 0.3 is 6.01 Å². The minimum absolute atomic E-state index is 0.0611. The summed E-state index contributed by atoms with van der Waals surface area (Å²) in [5, 5.41) is 2.85. The molecule has 0 unspecified atom stereocenters. The zero-order chi connectivity index (χ0) is 13.5. The Morgan fingerprint density at radius 2 is 1.89 bits per heavy atom. The molecule has 1 amide bonds.